The lowest BCUT2D eigenvalue weighted by Crippen LogP contribution is -2.31. The first-order chi connectivity index (χ1) is 9.63. The second-order valence-corrected chi connectivity index (χ2v) is 5.31. The molecule has 0 bridgehead atoms. The lowest BCUT2D eigenvalue weighted by molar-refractivity contribution is 0.0927. The third-order valence-electron chi connectivity index (χ3n) is 3.73. The van der Waals surface area contributed by atoms with E-state index in [1.54, 1.807) is 6.07 Å². The summed E-state index contributed by atoms with van der Waals surface area (Å²) in [6.07, 6.45) is 3.03. The van der Waals surface area contributed by atoms with Gasteiger partial charge in [-0.05, 0) is 55.5 Å². The normalized spacial score (nSPS) is 16.7. The monoisotopic (exact) mass is 306 g/mol. The van der Waals surface area contributed by atoms with Gasteiger partial charge in [0.15, 0.2) is 0 Å². The Morgan fingerprint density at radius 1 is 1.43 bits per heavy atom. The van der Waals surface area contributed by atoms with Gasteiger partial charge in [-0.1, -0.05) is 6.07 Å². The highest BCUT2D eigenvalue weighted by Gasteiger charge is 2.23. The van der Waals surface area contributed by atoms with Crippen molar-refractivity contribution in [2.75, 3.05) is 5.73 Å². The van der Waals surface area contributed by atoms with E-state index in [4.69, 9.17) is 5.73 Å². The van der Waals surface area contributed by atoms with Gasteiger partial charge in [-0.15, -0.1) is 12.4 Å². The largest absolute Gasteiger partial charge is 0.399 e. The fraction of sp³-hybridized carbons (Fsp3) is 0.333. The minimum atomic E-state index is -0.135. The number of amides is 1. The molecule has 0 fully saturated rings. The summed E-state index contributed by atoms with van der Waals surface area (Å²) in [6.45, 7) is 1.88. The van der Waals surface area contributed by atoms with Gasteiger partial charge in [-0.25, -0.2) is 0 Å². The molecule has 1 aliphatic rings. The topological polar surface area (TPSA) is 83.8 Å². The Labute approximate surface area is 129 Å². The molecule has 1 atom stereocenters. The lowest BCUT2D eigenvalue weighted by Gasteiger charge is -2.26. The summed E-state index contributed by atoms with van der Waals surface area (Å²) in [6, 6.07) is 7.71. The molecule has 3 rings (SSSR count). The van der Waals surface area contributed by atoms with Crippen LogP contribution in [0, 0.1) is 6.92 Å². The Kier molecular flexibility index (Phi) is 4.53. The SMILES string of the molecule is Cc1cc(C(=O)NC2CCCc3cc(N)ccc32)n[nH]1.Cl. The van der Waals surface area contributed by atoms with Crippen molar-refractivity contribution in [2.24, 2.45) is 0 Å². The molecule has 1 aromatic carbocycles. The Bertz CT molecular complexity index is 653. The fourth-order valence-corrected chi connectivity index (χ4v) is 2.75. The summed E-state index contributed by atoms with van der Waals surface area (Å²) in [7, 11) is 0. The number of benzene rings is 1. The molecule has 0 saturated carbocycles. The van der Waals surface area contributed by atoms with Gasteiger partial charge in [-0.2, -0.15) is 5.10 Å². The van der Waals surface area contributed by atoms with Crippen LogP contribution in [0.2, 0.25) is 0 Å². The number of fused-ring (bicyclic) bond motifs is 1. The number of hydrogen-bond donors (Lipinski definition) is 3. The zero-order valence-corrected chi connectivity index (χ0v) is 12.7. The number of nitrogen functional groups attached to an aromatic ring is 1. The number of halogens is 1. The number of H-pyrrole nitrogens is 1. The van der Waals surface area contributed by atoms with E-state index >= 15 is 0 Å². The molecule has 4 N–H and O–H groups in total. The van der Waals surface area contributed by atoms with Gasteiger partial charge < -0.3 is 11.1 Å². The average Bonchev–Trinajstić information content (AvgIpc) is 2.85. The number of rotatable bonds is 2. The van der Waals surface area contributed by atoms with Crippen LogP contribution >= 0.6 is 12.4 Å². The fourth-order valence-electron chi connectivity index (χ4n) is 2.75. The number of nitrogens with two attached hydrogens (primary N) is 1. The summed E-state index contributed by atoms with van der Waals surface area (Å²) in [5.74, 6) is -0.135. The first kappa shape index (κ1) is 15.4. The number of carbonyl (C=O) groups is 1. The van der Waals surface area contributed by atoms with E-state index in [0.29, 0.717) is 5.69 Å². The van der Waals surface area contributed by atoms with Crippen LogP contribution in [0.5, 0.6) is 0 Å². The average molecular weight is 307 g/mol. The molecule has 1 heterocycles. The zero-order valence-electron chi connectivity index (χ0n) is 11.8. The molecule has 1 amide bonds. The number of aromatic nitrogens is 2. The van der Waals surface area contributed by atoms with Crippen molar-refractivity contribution < 1.29 is 4.79 Å². The van der Waals surface area contributed by atoms with E-state index in [-0.39, 0.29) is 24.4 Å². The number of anilines is 1. The van der Waals surface area contributed by atoms with Crippen molar-refractivity contribution >= 4 is 24.0 Å². The summed E-state index contributed by atoms with van der Waals surface area (Å²) in [4.78, 5) is 12.2. The smallest absolute Gasteiger partial charge is 0.272 e. The van der Waals surface area contributed by atoms with Gasteiger partial charge in [-0.3, -0.25) is 9.89 Å². The van der Waals surface area contributed by atoms with Gasteiger partial charge in [0.2, 0.25) is 0 Å². The van der Waals surface area contributed by atoms with E-state index in [1.165, 1.54) is 11.1 Å². The van der Waals surface area contributed by atoms with E-state index in [2.05, 4.69) is 15.5 Å². The lowest BCUT2D eigenvalue weighted by atomic mass is 9.87. The number of nitrogens with zero attached hydrogens (tertiary/aromatic N) is 1. The van der Waals surface area contributed by atoms with Gasteiger partial charge in [0.25, 0.3) is 5.91 Å². The highest BCUT2D eigenvalue weighted by Crippen LogP contribution is 2.31. The molecule has 1 aromatic heterocycles. The maximum atomic E-state index is 12.2. The summed E-state index contributed by atoms with van der Waals surface area (Å²) < 4.78 is 0. The van der Waals surface area contributed by atoms with Crippen LogP contribution in [0.3, 0.4) is 0 Å². The molecule has 6 heteroatoms. The third-order valence-corrected chi connectivity index (χ3v) is 3.73. The molecule has 112 valence electrons. The van der Waals surface area contributed by atoms with Gasteiger partial charge in [0, 0.05) is 11.4 Å². The van der Waals surface area contributed by atoms with Gasteiger partial charge in [0.1, 0.15) is 5.69 Å². The van der Waals surface area contributed by atoms with Crippen molar-refractivity contribution in [3.05, 3.63) is 46.8 Å². The Morgan fingerprint density at radius 3 is 2.95 bits per heavy atom. The highest BCUT2D eigenvalue weighted by atomic mass is 35.5. The molecule has 0 radical (unpaired) electrons. The van der Waals surface area contributed by atoms with Gasteiger partial charge in [0.05, 0.1) is 6.04 Å². The summed E-state index contributed by atoms with van der Waals surface area (Å²) in [5.41, 5.74) is 10.3. The van der Waals surface area contributed by atoms with Crippen molar-refractivity contribution in [2.45, 2.75) is 32.2 Å². The second-order valence-electron chi connectivity index (χ2n) is 5.31. The van der Waals surface area contributed by atoms with E-state index < -0.39 is 0 Å². The van der Waals surface area contributed by atoms with E-state index in [9.17, 15) is 4.79 Å². The molecule has 1 aliphatic carbocycles. The standard InChI is InChI=1S/C15H18N4O.ClH/c1-9-7-14(19-18-9)15(20)17-13-4-2-3-10-8-11(16)5-6-12(10)13;/h5-8,13H,2-4,16H2,1H3,(H,17,20)(H,18,19);1H. The van der Waals surface area contributed by atoms with Crippen LogP contribution < -0.4 is 11.1 Å². The molecular formula is C15H19ClN4O. The van der Waals surface area contributed by atoms with Gasteiger partial charge >= 0.3 is 0 Å². The third kappa shape index (κ3) is 3.19. The second kappa shape index (κ2) is 6.18. The minimum Gasteiger partial charge on any atom is -0.399 e. The van der Waals surface area contributed by atoms with Crippen LogP contribution in [0.15, 0.2) is 24.3 Å². The molecule has 0 aliphatic heterocycles. The van der Waals surface area contributed by atoms with Crippen molar-refractivity contribution in [3.63, 3.8) is 0 Å². The number of carbonyl (C=O) groups excluding carboxylic acids is 1. The van der Waals surface area contributed by atoms with Crippen molar-refractivity contribution in [1.82, 2.24) is 15.5 Å². The van der Waals surface area contributed by atoms with Crippen LogP contribution in [0.25, 0.3) is 0 Å². The van der Waals surface area contributed by atoms with E-state index in [1.807, 2.05) is 25.1 Å². The Hall–Kier alpha value is -2.01. The first-order valence-electron chi connectivity index (χ1n) is 6.84. The maximum absolute atomic E-state index is 12.2. The minimum absolute atomic E-state index is 0. The van der Waals surface area contributed by atoms with Crippen molar-refractivity contribution in [1.29, 1.82) is 0 Å². The molecule has 21 heavy (non-hydrogen) atoms. The number of aryl methyl sites for hydroxylation is 2. The van der Waals surface area contributed by atoms with Crippen LogP contribution in [0.4, 0.5) is 5.69 Å². The maximum Gasteiger partial charge on any atom is 0.272 e. The summed E-state index contributed by atoms with van der Waals surface area (Å²) in [5, 5.41) is 9.84. The molecule has 5 nitrogen and oxygen atoms in total. The predicted molar refractivity (Wildman–Crippen MR) is 84.6 cm³/mol. The Morgan fingerprint density at radius 2 is 2.24 bits per heavy atom. The molecule has 1 unspecified atom stereocenters. The molecule has 0 saturated heterocycles. The summed E-state index contributed by atoms with van der Waals surface area (Å²) >= 11 is 0. The van der Waals surface area contributed by atoms with Crippen LogP contribution in [0.1, 0.15) is 46.2 Å². The van der Waals surface area contributed by atoms with Crippen LogP contribution in [-0.4, -0.2) is 16.1 Å². The molecular weight excluding hydrogens is 288 g/mol. The van der Waals surface area contributed by atoms with E-state index in [0.717, 1.165) is 30.6 Å². The van der Waals surface area contributed by atoms with Crippen LogP contribution in [-0.2, 0) is 6.42 Å². The number of nitrogens with one attached hydrogen (secondary N) is 2. The zero-order chi connectivity index (χ0) is 14.1. The predicted octanol–water partition coefficient (Wildman–Crippen LogP) is 2.53. The molecule has 0 spiro atoms. The first-order valence-corrected chi connectivity index (χ1v) is 6.84. The number of aromatic amines is 1. The van der Waals surface area contributed by atoms with Crippen molar-refractivity contribution in [3.8, 4) is 0 Å². The quantitative estimate of drug-likeness (QED) is 0.745. The highest BCUT2D eigenvalue weighted by molar-refractivity contribution is 5.92. The number of hydrogen-bond acceptors (Lipinski definition) is 3. The molecule has 2 aromatic rings. The Balaban J connectivity index is 0.00000161.